The molecular formula is C21H22ClN3O3S. The molecule has 2 aromatic carbocycles. The standard InChI is InChI=1S/C21H21N3O3S.ClH/c1-13-22-21(25)19(28-13)10-14-4-6-15(7-5-14)27-12-20-23-17-9-8-16(26-3)11-18(17)24(20)2;/h4-9,11,19H,1,10,12H2,2-3H3,(H,22,25);1H. The number of imidazole rings is 1. The Morgan fingerprint density at radius 1 is 1.21 bits per heavy atom. The lowest BCUT2D eigenvalue weighted by Crippen LogP contribution is -2.23. The smallest absolute Gasteiger partial charge is 0.238 e. The fourth-order valence-electron chi connectivity index (χ4n) is 3.17. The summed E-state index contributed by atoms with van der Waals surface area (Å²) in [5.41, 5.74) is 3.00. The largest absolute Gasteiger partial charge is 0.497 e. The van der Waals surface area contributed by atoms with Crippen molar-refractivity contribution in [1.29, 1.82) is 0 Å². The average molecular weight is 432 g/mol. The first-order chi connectivity index (χ1) is 13.5. The number of carbonyl (C=O) groups is 1. The number of aromatic nitrogens is 2. The van der Waals surface area contributed by atoms with Gasteiger partial charge in [0.05, 0.1) is 28.4 Å². The summed E-state index contributed by atoms with van der Waals surface area (Å²) in [4.78, 5) is 16.5. The van der Waals surface area contributed by atoms with Gasteiger partial charge in [0, 0.05) is 13.1 Å². The maximum Gasteiger partial charge on any atom is 0.238 e. The molecule has 152 valence electrons. The zero-order valence-electron chi connectivity index (χ0n) is 16.2. The molecule has 1 amide bonds. The summed E-state index contributed by atoms with van der Waals surface area (Å²) in [7, 11) is 3.62. The predicted octanol–water partition coefficient (Wildman–Crippen LogP) is 3.83. The lowest BCUT2D eigenvalue weighted by Gasteiger charge is -2.09. The molecule has 29 heavy (non-hydrogen) atoms. The number of benzene rings is 2. The van der Waals surface area contributed by atoms with E-state index < -0.39 is 0 Å². The maximum absolute atomic E-state index is 11.8. The van der Waals surface area contributed by atoms with Gasteiger partial charge in [-0.05, 0) is 36.2 Å². The second kappa shape index (κ2) is 8.80. The van der Waals surface area contributed by atoms with Crippen LogP contribution in [0.4, 0.5) is 0 Å². The Balaban J connectivity index is 0.00000240. The minimum atomic E-state index is -0.115. The molecule has 0 radical (unpaired) electrons. The van der Waals surface area contributed by atoms with Crippen LogP contribution in [-0.4, -0.2) is 27.8 Å². The van der Waals surface area contributed by atoms with Gasteiger partial charge in [-0.3, -0.25) is 4.79 Å². The first kappa shape index (κ1) is 21.1. The summed E-state index contributed by atoms with van der Waals surface area (Å²) in [5.74, 6) is 2.43. The normalized spacial score (nSPS) is 15.9. The number of nitrogens with one attached hydrogen (secondary N) is 1. The highest BCUT2D eigenvalue weighted by Crippen LogP contribution is 2.28. The van der Waals surface area contributed by atoms with Gasteiger partial charge in [-0.25, -0.2) is 4.98 Å². The zero-order valence-corrected chi connectivity index (χ0v) is 17.8. The van der Waals surface area contributed by atoms with E-state index in [1.807, 2.05) is 54.1 Å². The number of hydrogen-bond donors (Lipinski definition) is 1. The highest BCUT2D eigenvalue weighted by Gasteiger charge is 2.27. The van der Waals surface area contributed by atoms with E-state index in [-0.39, 0.29) is 23.6 Å². The molecule has 2 heterocycles. The molecule has 1 N–H and O–H groups in total. The molecule has 1 aliphatic rings. The van der Waals surface area contributed by atoms with Gasteiger partial charge in [0.1, 0.15) is 23.9 Å². The van der Waals surface area contributed by atoms with Gasteiger partial charge >= 0.3 is 0 Å². The number of thioether (sulfide) groups is 1. The van der Waals surface area contributed by atoms with Crippen LogP contribution in [0.15, 0.2) is 54.1 Å². The third-order valence-electron chi connectivity index (χ3n) is 4.73. The topological polar surface area (TPSA) is 65.4 Å². The summed E-state index contributed by atoms with van der Waals surface area (Å²) in [5, 5.41) is 3.35. The number of nitrogens with zero attached hydrogens (tertiary/aromatic N) is 2. The number of amides is 1. The number of fused-ring (bicyclic) bond motifs is 1. The van der Waals surface area contributed by atoms with E-state index in [1.165, 1.54) is 11.8 Å². The molecule has 1 atom stereocenters. The third kappa shape index (κ3) is 4.52. The van der Waals surface area contributed by atoms with Gasteiger partial charge in [-0.2, -0.15) is 0 Å². The third-order valence-corrected chi connectivity index (χ3v) is 5.78. The van der Waals surface area contributed by atoms with Crippen LogP contribution in [0, 0.1) is 0 Å². The SMILES string of the molecule is C=C1NC(=O)C(Cc2ccc(OCc3nc4ccc(OC)cc4n3C)cc2)S1.Cl. The van der Waals surface area contributed by atoms with E-state index in [9.17, 15) is 4.79 Å². The fraction of sp³-hybridized carbons (Fsp3) is 0.238. The monoisotopic (exact) mass is 431 g/mol. The Labute approximate surface area is 179 Å². The minimum Gasteiger partial charge on any atom is -0.497 e. The number of halogens is 1. The summed E-state index contributed by atoms with van der Waals surface area (Å²) < 4.78 is 13.2. The highest BCUT2D eigenvalue weighted by molar-refractivity contribution is 8.04. The van der Waals surface area contributed by atoms with Crippen molar-refractivity contribution in [1.82, 2.24) is 14.9 Å². The van der Waals surface area contributed by atoms with Crippen LogP contribution in [0.3, 0.4) is 0 Å². The van der Waals surface area contributed by atoms with Gasteiger partial charge in [-0.15, -0.1) is 12.4 Å². The van der Waals surface area contributed by atoms with Crippen molar-refractivity contribution in [2.75, 3.05) is 7.11 Å². The zero-order chi connectivity index (χ0) is 19.7. The van der Waals surface area contributed by atoms with Gasteiger partial charge in [0.25, 0.3) is 0 Å². The molecule has 0 aliphatic carbocycles. The first-order valence-electron chi connectivity index (χ1n) is 8.91. The Morgan fingerprint density at radius 2 is 1.93 bits per heavy atom. The van der Waals surface area contributed by atoms with Crippen molar-refractivity contribution >= 4 is 41.1 Å². The highest BCUT2D eigenvalue weighted by atomic mass is 35.5. The minimum absolute atomic E-state index is 0. The summed E-state index contributed by atoms with van der Waals surface area (Å²) in [6, 6.07) is 13.6. The van der Waals surface area contributed by atoms with E-state index >= 15 is 0 Å². The van der Waals surface area contributed by atoms with E-state index in [2.05, 4.69) is 16.9 Å². The van der Waals surface area contributed by atoms with E-state index in [4.69, 9.17) is 9.47 Å². The number of aryl methyl sites for hydroxylation is 1. The Morgan fingerprint density at radius 3 is 2.59 bits per heavy atom. The number of rotatable bonds is 6. The molecule has 1 saturated heterocycles. The van der Waals surface area contributed by atoms with Crippen LogP contribution >= 0.6 is 24.2 Å². The summed E-state index contributed by atoms with van der Waals surface area (Å²) in [6.45, 7) is 4.16. The molecule has 6 nitrogen and oxygen atoms in total. The number of hydrogen-bond acceptors (Lipinski definition) is 5. The number of methoxy groups -OCH3 is 1. The van der Waals surface area contributed by atoms with Crippen molar-refractivity contribution < 1.29 is 14.3 Å². The molecule has 0 saturated carbocycles. The molecule has 1 fully saturated rings. The molecular weight excluding hydrogens is 410 g/mol. The molecule has 0 spiro atoms. The Bertz CT molecular complexity index is 1050. The van der Waals surface area contributed by atoms with Gasteiger partial charge in [-0.1, -0.05) is 30.5 Å². The van der Waals surface area contributed by atoms with Crippen molar-refractivity contribution in [3.05, 3.63) is 65.5 Å². The van der Waals surface area contributed by atoms with Crippen molar-refractivity contribution in [3.8, 4) is 11.5 Å². The second-order valence-electron chi connectivity index (χ2n) is 6.60. The summed E-state index contributed by atoms with van der Waals surface area (Å²) in [6.07, 6.45) is 0.669. The van der Waals surface area contributed by atoms with Crippen LogP contribution in [0.5, 0.6) is 11.5 Å². The average Bonchev–Trinajstić information content (AvgIpc) is 3.19. The first-order valence-corrected chi connectivity index (χ1v) is 9.79. The lowest BCUT2D eigenvalue weighted by atomic mass is 10.1. The molecule has 0 bridgehead atoms. The number of carbonyl (C=O) groups excluding carboxylic acids is 1. The lowest BCUT2D eigenvalue weighted by molar-refractivity contribution is -0.119. The molecule has 3 aromatic rings. The molecule has 1 aromatic heterocycles. The van der Waals surface area contributed by atoms with Crippen molar-refractivity contribution in [2.24, 2.45) is 7.05 Å². The van der Waals surface area contributed by atoms with Crippen LogP contribution in [-0.2, 0) is 24.9 Å². The Kier molecular flexibility index (Phi) is 6.39. The van der Waals surface area contributed by atoms with E-state index in [0.717, 1.165) is 38.9 Å². The van der Waals surface area contributed by atoms with Crippen LogP contribution in [0.2, 0.25) is 0 Å². The number of ether oxygens (including phenoxy) is 2. The fourth-order valence-corrected chi connectivity index (χ4v) is 4.11. The van der Waals surface area contributed by atoms with Gasteiger partial charge in [0.2, 0.25) is 5.91 Å². The quantitative estimate of drug-likeness (QED) is 0.642. The van der Waals surface area contributed by atoms with E-state index in [1.54, 1.807) is 7.11 Å². The second-order valence-corrected chi connectivity index (χ2v) is 7.89. The van der Waals surface area contributed by atoms with Crippen LogP contribution < -0.4 is 14.8 Å². The van der Waals surface area contributed by atoms with Crippen LogP contribution in [0.25, 0.3) is 11.0 Å². The van der Waals surface area contributed by atoms with E-state index in [0.29, 0.717) is 13.0 Å². The molecule has 1 unspecified atom stereocenters. The van der Waals surface area contributed by atoms with Gasteiger partial charge < -0.3 is 19.4 Å². The Hall–Kier alpha value is -2.64. The summed E-state index contributed by atoms with van der Waals surface area (Å²) >= 11 is 1.48. The molecule has 8 heteroatoms. The van der Waals surface area contributed by atoms with Crippen molar-refractivity contribution in [3.63, 3.8) is 0 Å². The van der Waals surface area contributed by atoms with Crippen LogP contribution in [0.1, 0.15) is 11.4 Å². The molecule has 4 rings (SSSR count). The van der Waals surface area contributed by atoms with Gasteiger partial charge in [0.15, 0.2) is 0 Å². The van der Waals surface area contributed by atoms with Crippen molar-refractivity contribution in [2.45, 2.75) is 18.3 Å². The molecule has 1 aliphatic heterocycles. The predicted molar refractivity (Wildman–Crippen MR) is 118 cm³/mol. The maximum atomic E-state index is 11.8.